The van der Waals surface area contributed by atoms with Crippen LogP contribution in [0.2, 0.25) is 0 Å². The molecule has 0 unspecified atom stereocenters. The molecule has 0 bridgehead atoms. The molecule has 1 fully saturated rings. The standard InChI is InChI=1S/C22H29N3O2/c1-4-24(5-2)20-10-7-19(8-11-20)23-17-18-6-9-21(16-22(18)26-3)25-12-14-27-15-13-25/h6-11,16-17H,4-5,12-15H2,1-3H3. The molecule has 0 N–H and O–H groups in total. The average Bonchev–Trinajstić information content (AvgIpc) is 2.74. The lowest BCUT2D eigenvalue weighted by atomic mass is 10.1. The number of ether oxygens (including phenoxy) is 2. The van der Waals surface area contributed by atoms with Gasteiger partial charge in [-0.15, -0.1) is 0 Å². The third-order valence-corrected chi connectivity index (χ3v) is 4.92. The number of hydrogen-bond donors (Lipinski definition) is 0. The van der Waals surface area contributed by atoms with Gasteiger partial charge in [0.2, 0.25) is 0 Å². The Balaban J connectivity index is 1.74. The van der Waals surface area contributed by atoms with Gasteiger partial charge in [-0.05, 0) is 50.2 Å². The maximum Gasteiger partial charge on any atom is 0.129 e. The first-order valence-corrected chi connectivity index (χ1v) is 9.65. The summed E-state index contributed by atoms with van der Waals surface area (Å²) in [5.74, 6) is 0.836. The molecule has 1 heterocycles. The summed E-state index contributed by atoms with van der Waals surface area (Å²) in [5.41, 5.74) is 4.30. The fourth-order valence-electron chi connectivity index (χ4n) is 3.31. The molecule has 0 radical (unpaired) electrons. The molecule has 3 rings (SSSR count). The molecule has 1 saturated heterocycles. The second-order valence-electron chi connectivity index (χ2n) is 6.47. The van der Waals surface area contributed by atoms with Gasteiger partial charge in [0.25, 0.3) is 0 Å². The Morgan fingerprint density at radius 1 is 1.07 bits per heavy atom. The summed E-state index contributed by atoms with van der Waals surface area (Å²) in [6, 6.07) is 14.6. The molecular formula is C22H29N3O2. The third-order valence-electron chi connectivity index (χ3n) is 4.92. The number of benzene rings is 2. The van der Waals surface area contributed by atoms with Gasteiger partial charge in [-0.2, -0.15) is 0 Å². The highest BCUT2D eigenvalue weighted by atomic mass is 16.5. The number of hydrogen-bond acceptors (Lipinski definition) is 5. The van der Waals surface area contributed by atoms with Gasteiger partial charge in [0.15, 0.2) is 0 Å². The fourth-order valence-corrected chi connectivity index (χ4v) is 3.31. The van der Waals surface area contributed by atoms with Crippen LogP contribution in [0.5, 0.6) is 5.75 Å². The van der Waals surface area contributed by atoms with Crippen molar-refractivity contribution in [1.82, 2.24) is 0 Å². The van der Waals surface area contributed by atoms with Gasteiger partial charge in [0, 0.05) is 55.4 Å². The maximum atomic E-state index is 5.59. The summed E-state index contributed by atoms with van der Waals surface area (Å²) in [4.78, 5) is 9.26. The predicted octanol–water partition coefficient (Wildman–Crippen LogP) is 4.13. The van der Waals surface area contributed by atoms with E-state index in [2.05, 4.69) is 71.1 Å². The number of morpholine rings is 1. The van der Waals surface area contributed by atoms with Crippen molar-refractivity contribution in [3.8, 4) is 5.75 Å². The van der Waals surface area contributed by atoms with E-state index < -0.39 is 0 Å². The number of rotatable bonds is 7. The Hall–Kier alpha value is -2.53. The summed E-state index contributed by atoms with van der Waals surface area (Å²) in [6.07, 6.45) is 1.87. The molecule has 0 aliphatic carbocycles. The van der Waals surface area contributed by atoms with E-state index in [1.54, 1.807) is 7.11 Å². The number of aliphatic imine (C=N–C) groups is 1. The second kappa shape index (κ2) is 9.42. The molecule has 0 saturated carbocycles. The first-order valence-electron chi connectivity index (χ1n) is 9.65. The molecule has 2 aromatic carbocycles. The molecule has 1 aliphatic rings. The van der Waals surface area contributed by atoms with Crippen molar-refractivity contribution in [1.29, 1.82) is 0 Å². The van der Waals surface area contributed by atoms with E-state index in [1.807, 2.05) is 6.21 Å². The minimum absolute atomic E-state index is 0.773. The Kier molecular flexibility index (Phi) is 6.71. The molecule has 0 amide bonds. The fraction of sp³-hybridized carbons (Fsp3) is 0.409. The van der Waals surface area contributed by atoms with Gasteiger partial charge in [-0.1, -0.05) is 0 Å². The minimum atomic E-state index is 0.773. The van der Waals surface area contributed by atoms with Gasteiger partial charge >= 0.3 is 0 Å². The summed E-state index contributed by atoms with van der Waals surface area (Å²) in [5, 5.41) is 0. The van der Waals surface area contributed by atoms with E-state index in [-0.39, 0.29) is 0 Å². The lowest BCUT2D eigenvalue weighted by Crippen LogP contribution is -2.36. The molecule has 1 aliphatic heterocycles. The van der Waals surface area contributed by atoms with Crippen LogP contribution in [-0.4, -0.2) is 52.7 Å². The van der Waals surface area contributed by atoms with Crippen molar-refractivity contribution in [3.63, 3.8) is 0 Å². The topological polar surface area (TPSA) is 37.3 Å². The van der Waals surface area contributed by atoms with Gasteiger partial charge in [0.05, 0.1) is 26.0 Å². The molecule has 2 aromatic rings. The van der Waals surface area contributed by atoms with Crippen LogP contribution in [-0.2, 0) is 4.74 Å². The summed E-state index contributed by atoms with van der Waals surface area (Å²) in [7, 11) is 1.70. The van der Waals surface area contributed by atoms with E-state index in [0.29, 0.717) is 0 Å². The van der Waals surface area contributed by atoms with Crippen molar-refractivity contribution in [2.75, 3.05) is 56.3 Å². The van der Waals surface area contributed by atoms with Crippen LogP contribution in [0, 0.1) is 0 Å². The third kappa shape index (κ3) is 4.80. The van der Waals surface area contributed by atoms with Crippen molar-refractivity contribution >= 4 is 23.3 Å². The van der Waals surface area contributed by atoms with Crippen molar-refractivity contribution in [3.05, 3.63) is 48.0 Å². The molecule has 144 valence electrons. The smallest absolute Gasteiger partial charge is 0.129 e. The Labute approximate surface area is 162 Å². The Bertz CT molecular complexity index is 749. The van der Waals surface area contributed by atoms with Crippen LogP contribution in [0.3, 0.4) is 0 Å². The number of methoxy groups -OCH3 is 1. The summed E-state index contributed by atoms with van der Waals surface area (Å²) in [6.45, 7) is 9.72. The SMILES string of the molecule is CCN(CC)c1ccc(N=Cc2ccc(N3CCOCC3)cc2OC)cc1. The van der Waals surface area contributed by atoms with E-state index in [1.165, 1.54) is 5.69 Å². The van der Waals surface area contributed by atoms with E-state index in [9.17, 15) is 0 Å². The average molecular weight is 367 g/mol. The highest BCUT2D eigenvalue weighted by molar-refractivity contribution is 5.86. The number of anilines is 2. The molecule has 0 atom stereocenters. The normalized spacial score (nSPS) is 14.6. The highest BCUT2D eigenvalue weighted by Gasteiger charge is 2.13. The Morgan fingerprint density at radius 2 is 1.78 bits per heavy atom. The lowest BCUT2D eigenvalue weighted by molar-refractivity contribution is 0.122. The van der Waals surface area contributed by atoms with E-state index in [0.717, 1.165) is 62.1 Å². The second-order valence-corrected chi connectivity index (χ2v) is 6.47. The van der Waals surface area contributed by atoms with Crippen LogP contribution < -0.4 is 14.5 Å². The number of nitrogens with zero attached hydrogens (tertiary/aromatic N) is 3. The van der Waals surface area contributed by atoms with Crippen LogP contribution in [0.1, 0.15) is 19.4 Å². The first kappa shape index (κ1) is 19.2. The highest BCUT2D eigenvalue weighted by Crippen LogP contribution is 2.26. The van der Waals surface area contributed by atoms with E-state index in [4.69, 9.17) is 9.47 Å². The zero-order valence-electron chi connectivity index (χ0n) is 16.5. The van der Waals surface area contributed by atoms with Gasteiger partial charge in [0.1, 0.15) is 5.75 Å². The monoisotopic (exact) mass is 367 g/mol. The molecule has 0 aromatic heterocycles. The van der Waals surface area contributed by atoms with Crippen molar-refractivity contribution < 1.29 is 9.47 Å². The molecule has 0 spiro atoms. The zero-order valence-corrected chi connectivity index (χ0v) is 16.5. The van der Waals surface area contributed by atoms with Crippen molar-refractivity contribution in [2.24, 2.45) is 4.99 Å². The lowest BCUT2D eigenvalue weighted by Gasteiger charge is -2.29. The van der Waals surface area contributed by atoms with Crippen LogP contribution >= 0.6 is 0 Å². The maximum absolute atomic E-state index is 5.59. The zero-order chi connectivity index (χ0) is 19.1. The largest absolute Gasteiger partial charge is 0.496 e. The molecule has 27 heavy (non-hydrogen) atoms. The first-order chi connectivity index (χ1) is 13.2. The van der Waals surface area contributed by atoms with Gasteiger partial charge in [-0.25, -0.2) is 0 Å². The summed E-state index contributed by atoms with van der Waals surface area (Å²) >= 11 is 0. The quantitative estimate of drug-likeness (QED) is 0.690. The predicted molar refractivity (Wildman–Crippen MR) is 113 cm³/mol. The molecule has 5 heteroatoms. The van der Waals surface area contributed by atoms with Gasteiger partial charge < -0.3 is 19.3 Å². The summed E-state index contributed by atoms with van der Waals surface area (Å²) < 4.78 is 11.0. The van der Waals surface area contributed by atoms with Crippen molar-refractivity contribution in [2.45, 2.75) is 13.8 Å². The van der Waals surface area contributed by atoms with Gasteiger partial charge in [-0.3, -0.25) is 4.99 Å². The molecular weight excluding hydrogens is 338 g/mol. The van der Waals surface area contributed by atoms with Crippen LogP contribution in [0.15, 0.2) is 47.5 Å². The van der Waals surface area contributed by atoms with E-state index >= 15 is 0 Å². The Morgan fingerprint density at radius 3 is 2.41 bits per heavy atom. The van der Waals surface area contributed by atoms with Crippen LogP contribution in [0.4, 0.5) is 17.1 Å². The van der Waals surface area contributed by atoms with Crippen LogP contribution in [0.25, 0.3) is 0 Å². The molecule has 5 nitrogen and oxygen atoms in total. The minimum Gasteiger partial charge on any atom is -0.496 e.